The highest BCUT2D eigenvalue weighted by molar-refractivity contribution is 5.79. The Morgan fingerprint density at radius 1 is 1.36 bits per heavy atom. The standard InChI is InChI=1S/C19H23N3O3/c1-13-4-5-15(24-13)10-22-11-16-7-17(18(12-22)25-16)19(23)21-9-14-3-2-6-20-8-14/h2-6,8,16-18H,7,9-12H2,1H3,(H,21,23)/t16-,17-,18-/m0/s1. The highest BCUT2D eigenvalue weighted by atomic mass is 16.5. The number of nitrogens with one attached hydrogen (secondary N) is 1. The molecule has 1 amide bonds. The summed E-state index contributed by atoms with van der Waals surface area (Å²) in [5, 5.41) is 3.03. The lowest BCUT2D eigenvalue weighted by Gasteiger charge is -2.32. The number of aryl methyl sites for hydroxylation is 1. The summed E-state index contributed by atoms with van der Waals surface area (Å²) in [6, 6.07) is 7.84. The Morgan fingerprint density at radius 2 is 2.28 bits per heavy atom. The van der Waals surface area contributed by atoms with Crippen LogP contribution >= 0.6 is 0 Å². The van der Waals surface area contributed by atoms with Gasteiger partial charge in [0.25, 0.3) is 0 Å². The predicted octanol–water partition coefficient (Wildman–Crippen LogP) is 1.89. The lowest BCUT2D eigenvalue weighted by Crippen LogP contribution is -2.44. The first-order valence-corrected chi connectivity index (χ1v) is 8.77. The molecule has 2 saturated heterocycles. The molecule has 2 fully saturated rings. The van der Waals surface area contributed by atoms with Gasteiger partial charge < -0.3 is 14.5 Å². The molecule has 2 aromatic heterocycles. The molecule has 4 rings (SSSR count). The van der Waals surface area contributed by atoms with Crippen molar-refractivity contribution < 1.29 is 13.9 Å². The largest absolute Gasteiger partial charge is 0.465 e. The molecule has 2 aliphatic heterocycles. The third kappa shape index (κ3) is 3.75. The van der Waals surface area contributed by atoms with E-state index in [4.69, 9.17) is 9.15 Å². The summed E-state index contributed by atoms with van der Waals surface area (Å²) in [6.45, 7) is 4.85. The molecule has 1 N–H and O–H groups in total. The number of fused-ring (bicyclic) bond motifs is 2. The highest BCUT2D eigenvalue weighted by Gasteiger charge is 2.44. The van der Waals surface area contributed by atoms with E-state index in [2.05, 4.69) is 15.2 Å². The van der Waals surface area contributed by atoms with Crippen molar-refractivity contribution in [3.05, 3.63) is 53.7 Å². The van der Waals surface area contributed by atoms with E-state index in [9.17, 15) is 4.79 Å². The van der Waals surface area contributed by atoms with Crippen LogP contribution in [0.15, 0.2) is 41.1 Å². The van der Waals surface area contributed by atoms with E-state index in [1.165, 1.54) is 0 Å². The Balaban J connectivity index is 1.33. The zero-order valence-electron chi connectivity index (χ0n) is 14.4. The number of hydrogen-bond donors (Lipinski definition) is 1. The van der Waals surface area contributed by atoms with Crippen LogP contribution in [0.3, 0.4) is 0 Å². The van der Waals surface area contributed by atoms with Gasteiger partial charge in [-0.25, -0.2) is 0 Å². The van der Waals surface area contributed by atoms with Crippen molar-refractivity contribution in [2.24, 2.45) is 5.92 Å². The molecule has 6 heteroatoms. The number of carbonyl (C=O) groups excluding carboxylic acids is 1. The number of morpholine rings is 1. The van der Waals surface area contributed by atoms with Gasteiger partial charge in [0.15, 0.2) is 0 Å². The van der Waals surface area contributed by atoms with Gasteiger partial charge in [0.1, 0.15) is 11.5 Å². The summed E-state index contributed by atoms with van der Waals surface area (Å²) in [5.74, 6) is 1.90. The minimum atomic E-state index is -0.0787. The fourth-order valence-electron chi connectivity index (χ4n) is 3.76. The number of likely N-dealkylation sites (tertiary alicyclic amines) is 1. The maximum atomic E-state index is 12.6. The van der Waals surface area contributed by atoms with Crippen LogP contribution in [0, 0.1) is 12.8 Å². The molecule has 2 aliphatic rings. The first-order valence-electron chi connectivity index (χ1n) is 8.77. The van der Waals surface area contributed by atoms with Crippen molar-refractivity contribution in [3.63, 3.8) is 0 Å². The average molecular weight is 341 g/mol. The summed E-state index contributed by atoms with van der Waals surface area (Å²) >= 11 is 0. The molecule has 0 saturated carbocycles. The van der Waals surface area contributed by atoms with E-state index in [1.807, 2.05) is 31.2 Å². The van der Waals surface area contributed by atoms with Gasteiger partial charge >= 0.3 is 0 Å². The zero-order chi connectivity index (χ0) is 17.2. The molecule has 3 atom stereocenters. The molecule has 6 nitrogen and oxygen atoms in total. The molecule has 0 spiro atoms. The Morgan fingerprint density at radius 3 is 3.04 bits per heavy atom. The summed E-state index contributed by atoms with van der Waals surface area (Å²) in [6.07, 6.45) is 4.38. The summed E-state index contributed by atoms with van der Waals surface area (Å²) in [7, 11) is 0. The van der Waals surface area contributed by atoms with Gasteiger partial charge in [0.05, 0.1) is 24.7 Å². The molecule has 4 heterocycles. The van der Waals surface area contributed by atoms with Crippen LogP contribution in [0.2, 0.25) is 0 Å². The first kappa shape index (κ1) is 16.3. The summed E-state index contributed by atoms with van der Waals surface area (Å²) < 4.78 is 11.7. The van der Waals surface area contributed by atoms with E-state index in [0.717, 1.165) is 43.1 Å². The summed E-state index contributed by atoms with van der Waals surface area (Å²) in [5.41, 5.74) is 1.01. The fraction of sp³-hybridized carbons (Fsp3) is 0.474. The van der Waals surface area contributed by atoms with Crippen molar-refractivity contribution in [2.45, 2.75) is 38.6 Å². The lowest BCUT2D eigenvalue weighted by atomic mass is 9.99. The Bertz CT molecular complexity index is 731. The average Bonchev–Trinajstić information content (AvgIpc) is 3.16. The number of pyridine rings is 1. The van der Waals surface area contributed by atoms with Gasteiger partial charge in [-0.2, -0.15) is 0 Å². The van der Waals surface area contributed by atoms with Crippen molar-refractivity contribution in [1.29, 1.82) is 0 Å². The number of aromatic nitrogens is 1. The Kier molecular flexibility index (Phi) is 4.55. The van der Waals surface area contributed by atoms with Crippen molar-refractivity contribution >= 4 is 5.91 Å². The van der Waals surface area contributed by atoms with E-state index < -0.39 is 0 Å². The fourth-order valence-corrected chi connectivity index (χ4v) is 3.76. The van der Waals surface area contributed by atoms with E-state index in [1.54, 1.807) is 12.4 Å². The quantitative estimate of drug-likeness (QED) is 0.899. The number of amides is 1. The Hall–Kier alpha value is -2.18. The molecule has 0 radical (unpaired) electrons. The topological polar surface area (TPSA) is 67.6 Å². The van der Waals surface area contributed by atoms with E-state index in [-0.39, 0.29) is 24.0 Å². The minimum Gasteiger partial charge on any atom is -0.465 e. The molecule has 0 unspecified atom stereocenters. The molecule has 2 bridgehead atoms. The second kappa shape index (κ2) is 6.98. The zero-order valence-corrected chi connectivity index (χ0v) is 14.4. The maximum absolute atomic E-state index is 12.6. The van der Waals surface area contributed by atoms with Gasteiger partial charge in [0, 0.05) is 32.0 Å². The van der Waals surface area contributed by atoms with Crippen LogP contribution in [0.1, 0.15) is 23.5 Å². The molecular formula is C19H23N3O3. The Labute approximate surface area is 147 Å². The number of hydrogen-bond acceptors (Lipinski definition) is 5. The van der Waals surface area contributed by atoms with Crippen LogP contribution in [0.25, 0.3) is 0 Å². The van der Waals surface area contributed by atoms with Crippen LogP contribution < -0.4 is 5.32 Å². The van der Waals surface area contributed by atoms with Crippen molar-refractivity contribution in [3.8, 4) is 0 Å². The van der Waals surface area contributed by atoms with Crippen LogP contribution in [-0.2, 0) is 22.6 Å². The monoisotopic (exact) mass is 341 g/mol. The minimum absolute atomic E-state index is 0.0382. The molecule has 25 heavy (non-hydrogen) atoms. The normalized spacial score (nSPS) is 25.9. The second-order valence-electron chi connectivity index (χ2n) is 6.92. The number of carbonyl (C=O) groups is 1. The number of ether oxygens (including phenoxy) is 1. The van der Waals surface area contributed by atoms with Gasteiger partial charge in [-0.15, -0.1) is 0 Å². The third-order valence-electron chi connectivity index (χ3n) is 4.93. The van der Waals surface area contributed by atoms with Crippen molar-refractivity contribution in [2.75, 3.05) is 13.1 Å². The molecule has 132 valence electrons. The van der Waals surface area contributed by atoms with Crippen molar-refractivity contribution in [1.82, 2.24) is 15.2 Å². The lowest BCUT2D eigenvalue weighted by molar-refractivity contribution is -0.128. The maximum Gasteiger partial charge on any atom is 0.226 e. The van der Waals surface area contributed by atoms with E-state index in [0.29, 0.717) is 6.54 Å². The number of rotatable bonds is 5. The van der Waals surface area contributed by atoms with Gasteiger partial charge in [0.2, 0.25) is 5.91 Å². The van der Waals surface area contributed by atoms with Gasteiger partial charge in [-0.05, 0) is 37.1 Å². The van der Waals surface area contributed by atoms with Gasteiger partial charge in [-0.1, -0.05) is 6.07 Å². The smallest absolute Gasteiger partial charge is 0.226 e. The second-order valence-corrected chi connectivity index (χ2v) is 6.92. The number of nitrogens with zero attached hydrogens (tertiary/aromatic N) is 2. The summed E-state index contributed by atoms with van der Waals surface area (Å²) in [4.78, 5) is 19.0. The predicted molar refractivity (Wildman–Crippen MR) is 91.6 cm³/mol. The van der Waals surface area contributed by atoms with E-state index >= 15 is 0 Å². The van der Waals surface area contributed by atoms with Crippen LogP contribution in [-0.4, -0.2) is 41.1 Å². The highest BCUT2D eigenvalue weighted by Crippen LogP contribution is 2.32. The van der Waals surface area contributed by atoms with Gasteiger partial charge in [-0.3, -0.25) is 14.7 Å². The SMILES string of the molecule is Cc1ccc(CN2C[C@@H]3C[C@H](C(=O)NCc4cccnc4)[C@H](C2)O3)o1. The third-order valence-corrected chi connectivity index (χ3v) is 4.93. The molecule has 2 aromatic rings. The number of furan rings is 1. The first-order chi connectivity index (χ1) is 12.2. The van der Waals surface area contributed by atoms with Crippen LogP contribution in [0.4, 0.5) is 0 Å². The molecule has 0 aromatic carbocycles. The molecule has 0 aliphatic carbocycles. The van der Waals surface area contributed by atoms with Crippen LogP contribution in [0.5, 0.6) is 0 Å². The molecular weight excluding hydrogens is 318 g/mol.